The summed E-state index contributed by atoms with van der Waals surface area (Å²) >= 11 is 5.50. The number of carbonyl (C=O) groups is 1. The normalized spacial score (nSPS) is 9.50. The lowest BCUT2D eigenvalue weighted by molar-refractivity contribution is -0.134. The maximum Gasteiger partial charge on any atom is 0.311 e. The molecule has 0 fully saturated rings. The monoisotopic (exact) mass is 237 g/mol. The first-order chi connectivity index (χ1) is 7.76. The zero-order valence-electron chi connectivity index (χ0n) is 8.78. The van der Waals surface area contributed by atoms with Gasteiger partial charge in [-0.15, -0.1) is 11.6 Å². The van der Waals surface area contributed by atoms with Crippen LogP contribution in [0, 0.1) is 11.3 Å². The van der Waals surface area contributed by atoms with Crippen LogP contribution in [0.25, 0.3) is 0 Å². The van der Waals surface area contributed by atoms with Crippen molar-refractivity contribution < 1.29 is 9.53 Å². The molecule has 1 aromatic carbocycles. The molecule has 0 heterocycles. The number of nitriles is 1. The Kier molecular flexibility index (Phi) is 5.38. The molecule has 0 aliphatic carbocycles. The Labute approximate surface area is 99.6 Å². The Morgan fingerprint density at radius 2 is 2.00 bits per heavy atom. The number of hydrogen-bond donors (Lipinski definition) is 0. The summed E-state index contributed by atoms with van der Waals surface area (Å²) in [5, 5.41) is 8.58. The molecule has 0 radical (unpaired) electrons. The molecule has 0 spiro atoms. The van der Waals surface area contributed by atoms with Crippen LogP contribution in [0.2, 0.25) is 0 Å². The van der Waals surface area contributed by atoms with Gasteiger partial charge in [0.2, 0.25) is 0 Å². The van der Waals surface area contributed by atoms with Crippen LogP contribution in [0.1, 0.15) is 24.8 Å². The number of hydrogen-bond acceptors (Lipinski definition) is 3. The summed E-state index contributed by atoms with van der Waals surface area (Å²) in [4.78, 5) is 11.3. The quantitative estimate of drug-likeness (QED) is 0.342. The van der Waals surface area contributed by atoms with Gasteiger partial charge >= 0.3 is 5.97 Å². The first-order valence-electron chi connectivity index (χ1n) is 5.03. The van der Waals surface area contributed by atoms with Crippen molar-refractivity contribution in [1.82, 2.24) is 0 Å². The van der Waals surface area contributed by atoms with Crippen molar-refractivity contribution in [2.45, 2.75) is 19.3 Å². The summed E-state index contributed by atoms with van der Waals surface area (Å²) in [6.45, 7) is 0. The minimum Gasteiger partial charge on any atom is -0.427 e. The number of alkyl halides is 1. The van der Waals surface area contributed by atoms with Crippen molar-refractivity contribution in [3.63, 3.8) is 0 Å². The lowest BCUT2D eigenvalue weighted by atomic mass is 10.2. The first-order valence-corrected chi connectivity index (χ1v) is 5.56. The van der Waals surface area contributed by atoms with E-state index >= 15 is 0 Å². The van der Waals surface area contributed by atoms with Gasteiger partial charge in [-0.1, -0.05) is 0 Å². The van der Waals surface area contributed by atoms with Gasteiger partial charge in [-0.25, -0.2) is 0 Å². The highest BCUT2D eigenvalue weighted by Crippen LogP contribution is 2.12. The molecule has 1 rings (SSSR count). The molecule has 3 nitrogen and oxygen atoms in total. The standard InChI is InChI=1S/C12H12ClNO2/c13-8-2-1-3-12(15)16-11-6-4-10(9-14)5-7-11/h4-7H,1-3,8H2. The van der Waals surface area contributed by atoms with Crippen LogP contribution in [0.4, 0.5) is 0 Å². The number of ether oxygens (including phenoxy) is 1. The molecule has 0 amide bonds. The summed E-state index contributed by atoms with van der Waals surface area (Å²) in [6.07, 6.45) is 1.91. The van der Waals surface area contributed by atoms with Crippen LogP contribution in [0.15, 0.2) is 24.3 Å². The van der Waals surface area contributed by atoms with E-state index in [1.165, 1.54) is 0 Å². The van der Waals surface area contributed by atoms with Gasteiger partial charge in [-0.05, 0) is 37.1 Å². The van der Waals surface area contributed by atoms with Crippen molar-refractivity contribution in [2.75, 3.05) is 5.88 Å². The molecule has 0 saturated heterocycles. The zero-order chi connectivity index (χ0) is 11.8. The third kappa shape index (κ3) is 4.33. The van der Waals surface area contributed by atoms with Crippen LogP contribution in [-0.4, -0.2) is 11.8 Å². The summed E-state index contributed by atoms with van der Waals surface area (Å²) in [7, 11) is 0. The maximum atomic E-state index is 11.3. The van der Waals surface area contributed by atoms with E-state index in [9.17, 15) is 4.79 Å². The molecular formula is C12H12ClNO2. The minimum atomic E-state index is -0.269. The molecule has 0 unspecified atom stereocenters. The third-order valence-corrected chi connectivity index (χ3v) is 2.25. The summed E-state index contributed by atoms with van der Waals surface area (Å²) in [6, 6.07) is 8.44. The molecule has 0 N–H and O–H groups in total. The lowest BCUT2D eigenvalue weighted by Crippen LogP contribution is -2.07. The Bertz CT molecular complexity index is 381. The summed E-state index contributed by atoms with van der Waals surface area (Å²) < 4.78 is 5.07. The molecule has 0 atom stereocenters. The fraction of sp³-hybridized carbons (Fsp3) is 0.333. The van der Waals surface area contributed by atoms with Gasteiger partial charge in [0.05, 0.1) is 11.6 Å². The summed E-state index contributed by atoms with van der Waals surface area (Å²) in [5.41, 5.74) is 0.543. The van der Waals surface area contributed by atoms with E-state index in [1.54, 1.807) is 24.3 Å². The van der Waals surface area contributed by atoms with Gasteiger partial charge in [0.15, 0.2) is 0 Å². The highest BCUT2D eigenvalue weighted by molar-refractivity contribution is 6.17. The van der Waals surface area contributed by atoms with Crippen LogP contribution in [0.3, 0.4) is 0 Å². The molecular weight excluding hydrogens is 226 g/mol. The van der Waals surface area contributed by atoms with E-state index in [2.05, 4.69) is 0 Å². The van der Waals surface area contributed by atoms with E-state index in [4.69, 9.17) is 21.6 Å². The number of rotatable bonds is 5. The minimum absolute atomic E-state index is 0.269. The van der Waals surface area contributed by atoms with Gasteiger partial charge in [0, 0.05) is 12.3 Å². The second kappa shape index (κ2) is 6.86. The number of benzene rings is 1. The van der Waals surface area contributed by atoms with Crippen molar-refractivity contribution in [2.24, 2.45) is 0 Å². The molecule has 16 heavy (non-hydrogen) atoms. The second-order valence-corrected chi connectivity index (χ2v) is 3.63. The van der Waals surface area contributed by atoms with Crippen molar-refractivity contribution in [3.05, 3.63) is 29.8 Å². The topological polar surface area (TPSA) is 50.1 Å². The first kappa shape index (κ1) is 12.5. The third-order valence-electron chi connectivity index (χ3n) is 1.98. The molecule has 0 saturated carbocycles. The Morgan fingerprint density at radius 1 is 1.31 bits per heavy atom. The van der Waals surface area contributed by atoms with Crippen LogP contribution in [0.5, 0.6) is 5.75 Å². The van der Waals surface area contributed by atoms with Crippen LogP contribution in [-0.2, 0) is 4.79 Å². The van der Waals surface area contributed by atoms with E-state index in [-0.39, 0.29) is 5.97 Å². The van der Waals surface area contributed by atoms with Crippen molar-refractivity contribution in [1.29, 1.82) is 5.26 Å². The molecule has 0 aromatic heterocycles. The van der Waals surface area contributed by atoms with Gasteiger partial charge in [0.25, 0.3) is 0 Å². The van der Waals surface area contributed by atoms with E-state index < -0.39 is 0 Å². The zero-order valence-corrected chi connectivity index (χ0v) is 9.54. The second-order valence-electron chi connectivity index (χ2n) is 3.26. The van der Waals surface area contributed by atoms with E-state index in [0.717, 1.165) is 12.8 Å². The lowest BCUT2D eigenvalue weighted by Gasteiger charge is -2.03. The van der Waals surface area contributed by atoms with E-state index in [0.29, 0.717) is 23.6 Å². The van der Waals surface area contributed by atoms with Crippen molar-refractivity contribution >= 4 is 17.6 Å². The maximum absolute atomic E-state index is 11.3. The molecule has 84 valence electrons. The number of halogens is 1. The average molecular weight is 238 g/mol. The molecule has 1 aromatic rings. The molecule has 0 bridgehead atoms. The number of esters is 1. The average Bonchev–Trinajstić information content (AvgIpc) is 2.30. The number of nitrogens with zero attached hydrogens (tertiary/aromatic N) is 1. The molecule has 0 aliphatic heterocycles. The van der Waals surface area contributed by atoms with Gasteiger partial charge in [-0.3, -0.25) is 4.79 Å². The van der Waals surface area contributed by atoms with Crippen LogP contribution < -0.4 is 4.74 Å². The van der Waals surface area contributed by atoms with Gasteiger partial charge < -0.3 is 4.74 Å². The predicted octanol–water partition coefficient (Wildman–Crippen LogP) is 2.87. The Balaban J connectivity index is 2.41. The highest BCUT2D eigenvalue weighted by Gasteiger charge is 2.04. The van der Waals surface area contributed by atoms with Crippen molar-refractivity contribution in [3.8, 4) is 11.8 Å². The fourth-order valence-corrected chi connectivity index (χ4v) is 1.33. The number of unbranched alkanes of at least 4 members (excludes halogenated alkanes) is 1. The molecule has 4 heteroatoms. The Hall–Kier alpha value is -1.53. The van der Waals surface area contributed by atoms with Crippen LogP contribution >= 0.6 is 11.6 Å². The highest BCUT2D eigenvalue weighted by atomic mass is 35.5. The SMILES string of the molecule is N#Cc1ccc(OC(=O)CCCCCl)cc1. The van der Waals surface area contributed by atoms with Gasteiger partial charge in [-0.2, -0.15) is 5.26 Å². The summed E-state index contributed by atoms with van der Waals surface area (Å²) in [5.74, 6) is 0.758. The predicted molar refractivity (Wildman–Crippen MR) is 61.4 cm³/mol. The fourth-order valence-electron chi connectivity index (χ4n) is 1.14. The number of carbonyl (C=O) groups excluding carboxylic acids is 1. The van der Waals surface area contributed by atoms with Gasteiger partial charge in [0.1, 0.15) is 5.75 Å². The smallest absolute Gasteiger partial charge is 0.311 e. The largest absolute Gasteiger partial charge is 0.427 e. The molecule has 0 aliphatic rings. The van der Waals surface area contributed by atoms with E-state index in [1.807, 2.05) is 6.07 Å². The Morgan fingerprint density at radius 3 is 2.56 bits per heavy atom.